The summed E-state index contributed by atoms with van der Waals surface area (Å²) in [7, 11) is 0. The number of hydrogen-bond donors (Lipinski definition) is 3. The van der Waals surface area contributed by atoms with E-state index in [1.807, 2.05) is 19.1 Å². The first kappa shape index (κ1) is 21.3. The average Bonchev–Trinajstić information content (AvgIpc) is 2.68. The van der Waals surface area contributed by atoms with Crippen LogP contribution in [-0.4, -0.2) is 26.3 Å². The SMILES string of the molecule is C=C[C@H]([C@H](O)CC/C(C)=C/c1ccccc1O)[C@H](O)c1ccc([N+](=O)[O-])cc1. The number of nitro benzene ring substituents is 1. The summed E-state index contributed by atoms with van der Waals surface area (Å²) in [6.45, 7) is 5.62. The molecule has 0 radical (unpaired) electrons. The summed E-state index contributed by atoms with van der Waals surface area (Å²) in [6, 6.07) is 12.6. The highest BCUT2D eigenvalue weighted by atomic mass is 16.6. The largest absolute Gasteiger partial charge is 0.507 e. The van der Waals surface area contributed by atoms with Crippen molar-refractivity contribution in [1.29, 1.82) is 0 Å². The van der Waals surface area contributed by atoms with Crippen LogP contribution in [0.25, 0.3) is 6.08 Å². The van der Waals surface area contributed by atoms with E-state index in [-0.39, 0.29) is 11.4 Å². The Morgan fingerprint density at radius 1 is 1.18 bits per heavy atom. The lowest BCUT2D eigenvalue weighted by Crippen LogP contribution is -2.25. The van der Waals surface area contributed by atoms with E-state index in [0.717, 1.165) is 5.57 Å². The molecular weight excluding hydrogens is 358 g/mol. The molecule has 0 aliphatic heterocycles. The van der Waals surface area contributed by atoms with Crippen LogP contribution >= 0.6 is 0 Å². The Hall–Kier alpha value is -2.96. The number of para-hydroxylation sites is 1. The fraction of sp³-hybridized carbons (Fsp3) is 0.273. The van der Waals surface area contributed by atoms with Gasteiger partial charge in [-0.25, -0.2) is 0 Å². The van der Waals surface area contributed by atoms with E-state index < -0.39 is 23.0 Å². The fourth-order valence-electron chi connectivity index (χ4n) is 3.03. The summed E-state index contributed by atoms with van der Waals surface area (Å²) >= 11 is 0. The van der Waals surface area contributed by atoms with Crippen molar-refractivity contribution in [3.63, 3.8) is 0 Å². The van der Waals surface area contributed by atoms with Crippen molar-refractivity contribution >= 4 is 11.8 Å². The topological polar surface area (TPSA) is 104 Å². The predicted molar refractivity (Wildman–Crippen MR) is 109 cm³/mol. The Labute approximate surface area is 164 Å². The maximum atomic E-state index is 10.7. The average molecular weight is 383 g/mol. The molecule has 2 rings (SSSR count). The number of aliphatic hydroxyl groups is 2. The van der Waals surface area contributed by atoms with E-state index in [2.05, 4.69) is 6.58 Å². The summed E-state index contributed by atoms with van der Waals surface area (Å²) in [4.78, 5) is 10.2. The molecule has 0 amide bonds. The zero-order chi connectivity index (χ0) is 20.7. The minimum atomic E-state index is -1.02. The molecule has 0 aromatic heterocycles. The quantitative estimate of drug-likeness (QED) is 0.339. The molecular formula is C22H25NO5. The molecule has 0 unspecified atom stereocenters. The van der Waals surface area contributed by atoms with E-state index in [0.29, 0.717) is 24.0 Å². The zero-order valence-electron chi connectivity index (χ0n) is 15.7. The highest BCUT2D eigenvalue weighted by Crippen LogP contribution is 2.30. The Bertz CT molecular complexity index is 844. The Kier molecular flexibility index (Phi) is 7.49. The lowest BCUT2D eigenvalue weighted by atomic mass is 9.88. The van der Waals surface area contributed by atoms with Gasteiger partial charge in [0.2, 0.25) is 0 Å². The van der Waals surface area contributed by atoms with Crippen LogP contribution < -0.4 is 0 Å². The second kappa shape index (κ2) is 9.82. The smallest absolute Gasteiger partial charge is 0.269 e. The number of nitrogens with zero attached hydrogens (tertiary/aromatic N) is 1. The van der Waals surface area contributed by atoms with Crippen LogP contribution in [0.2, 0.25) is 0 Å². The Morgan fingerprint density at radius 2 is 1.82 bits per heavy atom. The first-order valence-electron chi connectivity index (χ1n) is 9.01. The summed E-state index contributed by atoms with van der Waals surface area (Å²) < 4.78 is 0. The van der Waals surface area contributed by atoms with Gasteiger partial charge in [-0.2, -0.15) is 0 Å². The summed E-state index contributed by atoms with van der Waals surface area (Å²) in [6.07, 6.45) is 2.48. The molecule has 28 heavy (non-hydrogen) atoms. The molecule has 6 heteroatoms. The van der Waals surface area contributed by atoms with Gasteiger partial charge in [-0.3, -0.25) is 10.1 Å². The van der Waals surface area contributed by atoms with Crippen LogP contribution in [0.15, 0.2) is 66.8 Å². The minimum Gasteiger partial charge on any atom is -0.507 e. The molecule has 0 saturated heterocycles. The van der Waals surface area contributed by atoms with Crippen molar-refractivity contribution in [1.82, 2.24) is 0 Å². The molecule has 0 aliphatic carbocycles. The number of phenolic OH excluding ortho intramolecular Hbond substituents is 1. The van der Waals surface area contributed by atoms with Crippen LogP contribution in [0.5, 0.6) is 5.75 Å². The third-order valence-corrected chi connectivity index (χ3v) is 4.70. The van der Waals surface area contributed by atoms with Gasteiger partial charge in [-0.15, -0.1) is 6.58 Å². The number of phenols is 1. The van der Waals surface area contributed by atoms with Gasteiger partial charge < -0.3 is 15.3 Å². The van der Waals surface area contributed by atoms with Gasteiger partial charge in [0.05, 0.1) is 17.1 Å². The molecule has 0 heterocycles. The van der Waals surface area contributed by atoms with E-state index in [1.165, 1.54) is 30.3 Å². The van der Waals surface area contributed by atoms with Crippen LogP contribution in [0, 0.1) is 16.0 Å². The van der Waals surface area contributed by atoms with Crippen molar-refractivity contribution in [2.45, 2.75) is 32.0 Å². The number of benzene rings is 2. The van der Waals surface area contributed by atoms with Crippen molar-refractivity contribution in [3.8, 4) is 5.75 Å². The van der Waals surface area contributed by atoms with Gasteiger partial charge in [0, 0.05) is 23.6 Å². The molecule has 2 aromatic rings. The van der Waals surface area contributed by atoms with Gasteiger partial charge in [-0.1, -0.05) is 35.9 Å². The molecule has 3 N–H and O–H groups in total. The van der Waals surface area contributed by atoms with Gasteiger partial charge in [0.25, 0.3) is 5.69 Å². The molecule has 148 valence electrons. The van der Waals surface area contributed by atoms with E-state index in [4.69, 9.17) is 0 Å². The Morgan fingerprint density at radius 3 is 2.39 bits per heavy atom. The van der Waals surface area contributed by atoms with Crippen LogP contribution in [0.4, 0.5) is 5.69 Å². The summed E-state index contributed by atoms with van der Waals surface area (Å²) in [5, 5.41) is 41.7. The fourth-order valence-corrected chi connectivity index (χ4v) is 3.03. The molecule has 6 nitrogen and oxygen atoms in total. The van der Waals surface area contributed by atoms with Crippen molar-refractivity contribution in [2.75, 3.05) is 0 Å². The summed E-state index contributed by atoms with van der Waals surface area (Å²) in [5.74, 6) is -0.417. The maximum absolute atomic E-state index is 10.7. The number of hydrogen-bond acceptors (Lipinski definition) is 5. The highest BCUT2D eigenvalue weighted by Gasteiger charge is 2.25. The normalized spacial score (nSPS) is 14.9. The number of aromatic hydroxyl groups is 1. The lowest BCUT2D eigenvalue weighted by Gasteiger charge is -2.25. The van der Waals surface area contributed by atoms with Crippen molar-refractivity contribution < 1.29 is 20.2 Å². The molecule has 3 atom stereocenters. The van der Waals surface area contributed by atoms with Crippen LogP contribution in [-0.2, 0) is 0 Å². The van der Waals surface area contributed by atoms with Crippen LogP contribution in [0.1, 0.15) is 37.0 Å². The molecule has 0 aliphatic rings. The monoisotopic (exact) mass is 383 g/mol. The number of nitro groups is 1. The zero-order valence-corrected chi connectivity index (χ0v) is 15.7. The Balaban J connectivity index is 2.02. The van der Waals surface area contributed by atoms with Crippen molar-refractivity contribution in [2.24, 2.45) is 5.92 Å². The second-order valence-electron chi connectivity index (χ2n) is 6.76. The maximum Gasteiger partial charge on any atom is 0.269 e. The highest BCUT2D eigenvalue weighted by molar-refractivity contribution is 5.58. The van der Waals surface area contributed by atoms with Gasteiger partial charge >= 0.3 is 0 Å². The van der Waals surface area contributed by atoms with E-state index >= 15 is 0 Å². The first-order valence-corrected chi connectivity index (χ1v) is 9.01. The van der Waals surface area contributed by atoms with E-state index in [9.17, 15) is 25.4 Å². The first-order chi connectivity index (χ1) is 13.3. The van der Waals surface area contributed by atoms with E-state index in [1.54, 1.807) is 18.2 Å². The second-order valence-corrected chi connectivity index (χ2v) is 6.76. The number of allylic oxidation sites excluding steroid dienone is 1. The van der Waals surface area contributed by atoms with Crippen molar-refractivity contribution in [3.05, 3.63) is 88.0 Å². The third kappa shape index (κ3) is 5.52. The molecule has 0 bridgehead atoms. The van der Waals surface area contributed by atoms with Crippen LogP contribution in [0.3, 0.4) is 0 Å². The third-order valence-electron chi connectivity index (χ3n) is 4.70. The van der Waals surface area contributed by atoms with Gasteiger partial charge in [0.15, 0.2) is 0 Å². The van der Waals surface area contributed by atoms with Gasteiger partial charge in [0.1, 0.15) is 5.75 Å². The molecule has 0 fully saturated rings. The predicted octanol–water partition coefficient (Wildman–Crippen LogP) is 4.38. The standard InChI is InChI=1S/C22H25NO5/c1-3-19(22(26)16-9-11-18(12-10-16)23(27)28)21(25)13-8-15(2)14-17-6-4-5-7-20(17)24/h3-7,9-12,14,19,21-22,24-26H,1,8,13H2,2H3/b15-14+/t19-,21-,22-/m1/s1. The molecule has 2 aromatic carbocycles. The molecule has 0 saturated carbocycles. The number of aliphatic hydroxyl groups excluding tert-OH is 2. The lowest BCUT2D eigenvalue weighted by molar-refractivity contribution is -0.384. The number of non-ortho nitro benzene ring substituents is 1. The summed E-state index contributed by atoms with van der Waals surface area (Å²) in [5.41, 5.74) is 2.11. The minimum absolute atomic E-state index is 0.0587. The molecule has 0 spiro atoms. The van der Waals surface area contributed by atoms with Gasteiger partial charge in [-0.05, 0) is 43.5 Å². The number of rotatable bonds is 9.